The zero-order chi connectivity index (χ0) is 12.4. The van der Waals surface area contributed by atoms with E-state index in [0.717, 1.165) is 11.3 Å². The van der Waals surface area contributed by atoms with Gasteiger partial charge in [0.15, 0.2) is 5.13 Å². The van der Waals surface area contributed by atoms with E-state index in [4.69, 9.17) is 17.3 Å². The Balaban J connectivity index is 2.29. The van der Waals surface area contributed by atoms with E-state index in [-0.39, 0.29) is 0 Å². The van der Waals surface area contributed by atoms with Gasteiger partial charge in [0.05, 0.1) is 0 Å². The summed E-state index contributed by atoms with van der Waals surface area (Å²) in [7, 11) is -1.08. The van der Waals surface area contributed by atoms with Gasteiger partial charge in [0.2, 0.25) is 0 Å². The molecule has 0 spiro atoms. The lowest BCUT2D eigenvalue weighted by atomic mass is 10.1. The summed E-state index contributed by atoms with van der Waals surface area (Å²) in [4.78, 5) is 4.16. The molecule has 2 rings (SSSR count). The molecule has 0 aliphatic carbocycles. The minimum absolute atomic E-state index is 0.446. The van der Waals surface area contributed by atoms with E-state index in [9.17, 15) is 4.21 Å². The zero-order valence-electron chi connectivity index (χ0n) is 8.94. The van der Waals surface area contributed by atoms with Crippen LogP contribution in [0.5, 0.6) is 0 Å². The summed E-state index contributed by atoms with van der Waals surface area (Å²) in [5, 5.41) is 0.446. The minimum atomic E-state index is -1.08. The van der Waals surface area contributed by atoms with Gasteiger partial charge in [-0.15, -0.1) is 0 Å². The number of nitrogens with two attached hydrogens (primary N) is 1. The fourth-order valence-corrected chi connectivity index (χ4v) is 2.79. The van der Waals surface area contributed by atoms with Crippen LogP contribution in [-0.2, 0) is 11.0 Å². The summed E-state index contributed by atoms with van der Waals surface area (Å²) >= 11 is 7.26. The molecule has 2 aromatic rings. The van der Waals surface area contributed by atoms with E-state index in [1.807, 2.05) is 24.3 Å². The first-order valence-electron chi connectivity index (χ1n) is 4.68. The summed E-state index contributed by atoms with van der Waals surface area (Å²) in [6.45, 7) is 0. The molecule has 0 aliphatic rings. The number of halogens is 1. The molecule has 1 aromatic heterocycles. The molecule has 4 nitrogen and oxygen atoms in total. The number of thiazole rings is 1. The molecule has 0 amide bonds. The molecule has 7 heteroatoms. The number of anilines is 2. The van der Waals surface area contributed by atoms with Crippen LogP contribution in [0.3, 0.4) is 0 Å². The van der Waals surface area contributed by atoms with E-state index in [0.29, 0.717) is 15.2 Å². The Kier molecular flexibility index (Phi) is 3.66. The van der Waals surface area contributed by atoms with Crippen LogP contribution in [-0.4, -0.2) is 15.4 Å². The van der Waals surface area contributed by atoms with E-state index >= 15 is 0 Å². The first-order valence-corrected chi connectivity index (χ1v) is 7.44. The lowest BCUT2D eigenvalue weighted by Crippen LogP contribution is -2.00. The molecule has 1 heterocycles. The number of rotatable bonds is 3. The molecule has 3 N–H and O–H groups in total. The van der Waals surface area contributed by atoms with Crippen molar-refractivity contribution < 1.29 is 4.21 Å². The van der Waals surface area contributed by atoms with E-state index in [1.54, 1.807) is 6.26 Å². The highest BCUT2D eigenvalue weighted by atomic mass is 35.5. The Labute approximate surface area is 110 Å². The third-order valence-corrected chi connectivity index (χ3v) is 3.63. The topological polar surface area (TPSA) is 68.0 Å². The van der Waals surface area contributed by atoms with Gasteiger partial charge >= 0.3 is 0 Å². The first kappa shape index (κ1) is 12.3. The number of nitrogen functional groups attached to an aromatic ring is 1. The lowest BCUT2D eigenvalue weighted by Gasteiger charge is -2.03. The van der Waals surface area contributed by atoms with Crippen LogP contribution in [0.4, 0.5) is 10.8 Å². The largest absolute Gasteiger partial charge is 0.375 e. The van der Waals surface area contributed by atoms with Crippen molar-refractivity contribution in [2.75, 3.05) is 16.7 Å². The van der Waals surface area contributed by atoms with Gasteiger partial charge < -0.3 is 10.5 Å². The third kappa shape index (κ3) is 2.96. The molecule has 90 valence electrons. The Bertz CT molecular complexity index is 553. The zero-order valence-corrected chi connectivity index (χ0v) is 11.3. The fourth-order valence-electron chi connectivity index (χ4n) is 1.36. The molecule has 0 saturated heterocycles. The van der Waals surface area contributed by atoms with Crippen molar-refractivity contribution in [2.45, 2.75) is 0 Å². The predicted molar refractivity (Wildman–Crippen MR) is 74.7 cm³/mol. The number of hydrogen-bond acceptors (Lipinski definition) is 4. The van der Waals surface area contributed by atoms with Crippen molar-refractivity contribution in [3.63, 3.8) is 0 Å². The maximum absolute atomic E-state index is 11.0. The van der Waals surface area contributed by atoms with Gasteiger partial charge in [0, 0.05) is 17.5 Å². The van der Waals surface area contributed by atoms with Gasteiger partial charge in [-0.3, -0.25) is 0 Å². The predicted octanol–water partition coefficient (Wildman–Crippen LogP) is 2.75. The average molecular weight is 288 g/mol. The van der Waals surface area contributed by atoms with E-state index in [2.05, 4.69) is 9.71 Å². The molecule has 17 heavy (non-hydrogen) atoms. The van der Waals surface area contributed by atoms with Gasteiger partial charge in [-0.05, 0) is 12.1 Å². The van der Waals surface area contributed by atoms with Crippen LogP contribution in [0.1, 0.15) is 0 Å². The maximum Gasteiger partial charge on any atom is 0.182 e. The average Bonchev–Trinajstić information content (AvgIpc) is 2.58. The Morgan fingerprint density at radius 1 is 1.41 bits per heavy atom. The fraction of sp³-hybridized carbons (Fsp3) is 0.100. The smallest absolute Gasteiger partial charge is 0.182 e. The minimum Gasteiger partial charge on any atom is -0.375 e. The van der Waals surface area contributed by atoms with E-state index < -0.39 is 11.0 Å². The first-order chi connectivity index (χ1) is 8.06. The number of nitrogens with zero attached hydrogens (tertiary/aromatic N) is 1. The second-order valence-electron chi connectivity index (χ2n) is 3.31. The van der Waals surface area contributed by atoms with Gasteiger partial charge in [0.1, 0.15) is 21.0 Å². The van der Waals surface area contributed by atoms with Crippen molar-refractivity contribution in [3.05, 3.63) is 28.6 Å². The summed E-state index contributed by atoms with van der Waals surface area (Å²) < 4.78 is 14.3. The quantitative estimate of drug-likeness (QED) is 0.912. The van der Waals surface area contributed by atoms with E-state index in [1.165, 1.54) is 11.3 Å². The summed E-state index contributed by atoms with van der Waals surface area (Å²) in [5.41, 5.74) is 7.93. The van der Waals surface area contributed by atoms with Gasteiger partial charge in [-0.1, -0.05) is 35.1 Å². The molecule has 1 aromatic carbocycles. The molecule has 1 atom stereocenters. The number of benzene rings is 1. The molecule has 0 radical (unpaired) electrons. The molecule has 1 unspecified atom stereocenters. The number of aromatic nitrogens is 1. The molecule has 0 bridgehead atoms. The molecular weight excluding hydrogens is 278 g/mol. The lowest BCUT2D eigenvalue weighted by molar-refractivity contribution is 0.690. The van der Waals surface area contributed by atoms with Crippen molar-refractivity contribution >= 4 is 44.7 Å². The number of hydrogen-bond donors (Lipinski definition) is 2. The van der Waals surface area contributed by atoms with Gasteiger partial charge in [0.25, 0.3) is 0 Å². The normalized spacial score (nSPS) is 12.4. The Hall–Kier alpha value is -1.11. The van der Waals surface area contributed by atoms with Crippen LogP contribution < -0.4 is 10.5 Å². The molecule has 0 aliphatic heterocycles. The number of nitrogens with one attached hydrogen (secondary N) is 1. The van der Waals surface area contributed by atoms with Crippen LogP contribution in [0.15, 0.2) is 24.3 Å². The highest BCUT2D eigenvalue weighted by Gasteiger charge is 2.09. The summed E-state index contributed by atoms with van der Waals surface area (Å²) in [5.74, 6) is 0. The SMILES string of the molecule is CS(=O)Nc1ccc(-c2nc(N)sc2Cl)cc1. The molecule has 0 fully saturated rings. The highest BCUT2D eigenvalue weighted by molar-refractivity contribution is 7.85. The van der Waals surface area contributed by atoms with Crippen molar-refractivity contribution in [1.82, 2.24) is 4.98 Å². The van der Waals surface area contributed by atoms with Gasteiger partial charge in [-0.25, -0.2) is 9.19 Å². The van der Waals surface area contributed by atoms with Crippen molar-refractivity contribution in [1.29, 1.82) is 0 Å². The van der Waals surface area contributed by atoms with Crippen LogP contribution in [0.2, 0.25) is 4.34 Å². The molecular formula is C10H10ClN3OS2. The maximum atomic E-state index is 11.0. The third-order valence-electron chi connectivity index (χ3n) is 2.02. The molecule has 0 saturated carbocycles. The standard InChI is InChI=1S/C10H10ClN3OS2/c1-17(15)14-7-4-2-6(3-5-7)8-9(11)16-10(12)13-8/h2-5,14H,1H3,(H2,12,13). The Morgan fingerprint density at radius 3 is 2.53 bits per heavy atom. The monoisotopic (exact) mass is 287 g/mol. The van der Waals surface area contributed by atoms with Crippen LogP contribution in [0, 0.1) is 0 Å². The Morgan fingerprint density at radius 2 is 2.06 bits per heavy atom. The highest BCUT2D eigenvalue weighted by Crippen LogP contribution is 2.34. The van der Waals surface area contributed by atoms with Gasteiger partial charge in [-0.2, -0.15) is 0 Å². The van der Waals surface area contributed by atoms with Crippen molar-refractivity contribution in [3.8, 4) is 11.3 Å². The van der Waals surface area contributed by atoms with Crippen molar-refractivity contribution in [2.24, 2.45) is 0 Å². The second-order valence-corrected chi connectivity index (χ2v) is 6.05. The summed E-state index contributed by atoms with van der Waals surface area (Å²) in [6.07, 6.45) is 1.58. The second kappa shape index (κ2) is 5.03. The van der Waals surface area contributed by atoms with Crippen LogP contribution >= 0.6 is 22.9 Å². The van der Waals surface area contributed by atoms with Crippen LogP contribution in [0.25, 0.3) is 11.3 Å². The summed E-state index contributed by atoms with van der Waals surface area (Å²) in [6, 6.07) is 7.36.